The van der Waals surface area contributed by atoms with Gasteiger partial charge in [0.05, 0.1) is 11.9 Å². The van der Waals surface area contributed by atoms with Gasteiger partial charge >= 0.3 is 10.1 Å². The van der Waals surface area contributed by atoms with E-state index in [1.807, 2.05) is 18.2 Å². The molecule has 0 spiro atoms. The van der Waals surface area contributed by atoms with Crippen LogP contribution in [-0.2, 0) is 29.6 Å². The van der Waals surface area contributed by atoms with Crippen molar-refractivity contribution in [1.82, 2.24) is 9.97 Å². The number of rotatable bonds is 6. The zero-order valence-electron chi connectivity index (χ0n) is 15.8. The molecule has 1 aliphatic carbocycles. The molecule has 29 heavy (non-hydrogen) atoms. The van der Waals surface area contributed by atoms with Gasteiger partial charge in [-0.05, 0) is 60.2 Å². The quantitative estimate of drug-likeness (QED) is 0.573. The molecule has 2 aromatic heterocycles. The van der Waals surface area contributed by atoms with Gasteiger partial charge in [-0.1, -0.05) is 6.07 Å². The predicted octanol–water partition coefficient (Wildman–Crippen LogP) is 3.69. The number of fused-ring (bicyclic) bond motifs is 1. The fraction of sp³-hybridized carbons (Fsp3) is 0.238. The van der Waals surface area contributed by atoms with Crippen LogP contribution in [-0.4, -0.2) is 24.6 Å². The average Bonchev–Trinajstić information content (AvgIpc) is 3.13. The average molecular weight is 414 g/mol. The van der Waals surface area contributed by atoms with E-state index in [2.05, 4.69) is 9.97 Å². The number of halogens is 1. The van der Waals surface area contributed by atoms with E-state index in [0.29, 0.717) is 11.4 Å². The summed E-state index contributed by atoms with van der Waals surface area (Å²) >= 11 is 0. The van der Waals surface area contributed by atoms with Crippen LogP contribution in [0.25, 0.3) is 11.1 Å². The predicted molar refractivity (Wildman–Crippen MR) is 106 cm³/mol. The normalized spacial score (nSPS) is 13.2. The molecule has 1 aliphatic rings. The number of benzene rings is 1. The van der Waals surface area contributed by atoms with Gasteiger partial charge in [0.25, 0.3) is 0 Å². The summed E-state index contributed by atoms with van der Waals surface area (Å²) in [5.41, 5.74) is 3.98. The molecule has 6 nitrogen and oxygen atoms in total. The Bertz CT molecular complexity index is 1150. The van der Waals surface area contributed by atoms with Gasteiger partial charge in [0.2, 0.25) is 5.88 Å². The van der Waals surface area contributed by atoms with Gasteiger partial charge in [-0.3, -0.25) is 4.98 Å². The van der Waals surface area contributed by atoms with Gasteiger partial charge in [-0.15, -0.1) is 0 Å². The van der Waals surface area contributed by atoms with Gasteiger partial charge in [-0.2, -0.15) is 8.42 Å². The number of pyridine rings is 2. The van der Waals surface area contributed by atoms with E-state index < -0.39 is 15.9 Å². The molecule has 2 heterocycles. The molecule has 0 N–H and O–H groups in total. The summed E-state index contributed by atoms with van der Waals surface area (Å²) < 4.78 is 47.8. The molecule has 3 aromatic rings. The first-order chi connectivity index (χ1) is 13.9. The van der Waals surface area contributed by atoms with Gasteiger partial charge in [0, 0.05) is 24.0 Å². The smallest absolute Gasteiger partial charge is 0.306 e. The minimum atomic E-state index is -3.76. The van der Waals surface area contributed by atoms with Crippen molar-refractivity contribution in [2.45, 2.75) is 25.9 Å². The SMILES string of the molecule is CS(=O)(=O)Oc1cc(F)cc(-c2cc(OCc3ccccn3)nc3c2CCC3)c1. The van der Waals surface area contributed by atoms with Crippen LogP contribution >= 0.6 is 0 Å². The summed E-state index contributed by atoms with van der Waals surface area (Å²) in [5.74, 6) is -0.233. The molecule has 0 atom stereocenters. The van der Waals surface area contributed by atoms with Crippen LogP contribution in [0.15, 0.2) is 48.7 Å². The van der Waals surface area contributed by atoms with E-state index in [0.717, 1.165) is 54.1 Å². The second kappa shape index (κ2) is 7.79. The number of aryl methyl sites for hydroxylation is 1. The highest BCUT2D eigenvalue weighted by molar-refractivity contribution is 7.86. The fourth-order valence-corrected chi connectivity index (χ4v) is 3.87. The summed E-state index contributed by atoms with van der Waals surface area (Å²) in [6.07, 6.45) is 5.19. The van der Waals surface area contributed by atoms with Crippen LogP contribution in [0.2, 0.25) is 0 Å². The van der Waals surface area contributed by atoms with Gasteiger partial charge < -0.3 is 8.92 Å². The Morgan fingerprint density at radius 2 is 2.00 bits per heavy atom. The lowest BCUT2D eigenvalue weighted by Gasteiger charge is -2.13. The van der Waals surface area contributed by atoms with Crippen LogP contribution in [0.4, 0.5) is 4.39 Å². The van der Waals surface area contributed by atoms with Crippen molar-refractivity contribution in [2.24, 2.45) is 0 Å². The molecule has 4 rings (SSSR count). The van der Waals surface area contributed by atoms with Crippen LogP contribution in [0, 0.1) is 5.82 Å². The van der Waals surface area contributed by atoms with E-state index >= 15 is 0 Å². The number of hydrogen-bond donors (Lipinski definition) is 0. The molecule has 0 aliphatic heterocycles. The molecule has 8 heteroatoms. The highest BCUT2D eigenvalue weighted by Crippen LogP contribution is 2.36. The number of ether oxygens (including phenoxy) is 1. The van der Waals surface area contributed by atoms with E-state index in [9.17, 15) is 12.8 Å². The van der Waals surface area contributed by atoms with Crippen LogP contribution in [0.1, 0.15) is 23.4 Å². The standard InChI is InChI=1S/C21H19FN2O4S/c1-29(25,26)28-17-10-14(9-15(22)11-17)19-12-21(24-20-7-4-6-18(19)20)27-13-16-5-2-3-8-23-16/h2-3,5,8-12H,4,6-7,13H2,1H3. The van der Waals surface area contributed by atoms with E-state index in [-0.39, 0.29) is 12.4 Å². The molecule has 0 unspecified atom stereocenters. The molecule has 0 bridgehead atoms. The van der Waals surface area contributed by atoms with Gasteiger partial charge in [0.15, 0.2) is 0 Å². The minimum absolute atomic E-state index is 0.0676. The third kappa shape index (κ3) is 4.71. The summed E-state index contributed by atoms with van der Waals surface area (Å²) in [7, 11) is -3.76. The lowest BCUT2D eigenvalue weighted by Crippen LogP contribution is -2.06. The second-order valence-corrected chi connectivity index (χ2v) is 8.43. The minimum Gasteiger partial charge on any atom is -0.471 e. The van der Waals surface area contributed by atoms with Crippen LogP contribution in [0.3, 0.4) is 0 Å². The molecular formula is C21H19FN2O4S. The highest BCUT2D eigenvalue weighted by Gasteiger charge is 2.21. The maximum absolute atomic E-state index is 14.2. The monoisotopic (exact) mass is 414 g/mol. The van der Waals surface area contributed by atoms with Crippen molar-refractivity contribution in [3.8, 4) is 22.8 Å². The Morgan fingerprint density at radius 3 is 2.76 bits per heavy atom. The van der Waals surface area contributed by atoms with E-state index in [1.165, 1.54) is 12.1 Å². The van der Waals surface area contributed by atoms with Gasteiger partial charge in [0.1, 0.15) is 18.2 Å². The van der Waals surface area contributed by atoms with Crippen LogP contribution in [0.5, 0.6) is 11.6 Å². The molecule has 150 valence electrons. The Balaban J connectivity index is 1.71. The molecule has 0 saturated carbocycles. The third-order valence-corrected chi connectivity index (χ3v) is 5.05. The topological polar surface area (TPSA) is 78.4 Å². The first kappa shape index (κ1) is 19.3. The van der Waals surface area contributed by atoms with Crippen molar-refractivity contribution < 1.29 is 21.7 Å². The Kier molecular flexibility index (Phi) is 5.19. The molecule has 1 aromatic carbocycles. The number of hydrogen-bond acceptors (Lipinski definition) is 6. The first-order valence-electron chi connectivity index (χ1n) is 9.13. The van der Waals surface area contributed by atoms with Crippen molar-refractivity contribution in [3.63, 3.8) is 0 Å². The molecule has 0 amide bonds. The van der Waals surface area contributed by atoms with Gasteiger partial charge in [-0.25, -0.2) is 9.37 Å². The maximum atomic E-state index is 14.2. The Morgan fingerprint density at radius 1 is 1.14 bits per heavy atom. The summed E-state index contributed by atoms with van der Waals surface area (Å²) in [6.45, 7) is 0.262. The highest BCUT2D eigenvalue weighted by atomic mass is 32.2. The zero-order chi connectivity index (χ0) is 20.4. The zero-order valence-corrected chi connectivity index (χ0v) is 16.6. The lowest BCUT2D eigenvalue weighted by molar-refractivity contribution is 0.288. The van der Waals surface area contributed by atoms with E-state index in [1.54, 1.807) is 12.3 Å². The lowest BCUT2D eigenvalue weighted by atomic mass is 9.99. The van der Waals surface area contributed by atoms with Crippen molar-refractivity contribution >= 4 is 10.1 Å². The van der Waals surface area contributed by atoms with Crippen LogP contribution < -0.4 is 8.92 Å². The Labute approximate surface area is 168 Å². The van der Waals surface area contributed by atoms with Crippen molar-refractivity contribution in [1.29, 1.82) is 0 Å². The third-order valence-electron chi connectivity index (χ3n) is 4.55. The first-order valence-corrected chi connectivity index (χ1v) is 10.9. The summed E-state index contributed by atoms with van der Waals surface area (Å²) in [5, 5.41) is 0. The maximum Gasteiger partial charge on any atom is 0.306 e. The molecule has 0 radical (unpaired) electrons. The summed E-state index contributed by atoms with van der Waals surface area (Å²) in [4.78, 5) is 8.82. The largest absolute Gasteiger partial charge is 0.471 e. The van der Waals surface area contributed by atoms with Crippen molar-refractivity contribution in [3.05, 3.63) is 71.4 Å². The number of nitrogens with zero attached hydrogens (tertiary/aromatic N) is 2. The molecule has 0 saturated heterocycles. The molecular weight excluding hydrogens is 395 g/mol. The molecule has 0 fully saturated rings. The Hall–Kier alpha value is -3.00. The summed E-state index contributed by atoms with van der Waals surface area (Å²) in [6, 6.07) is 11.2. The second-order valence-electron chi connectivity index (χ2n) is 6.86. The van der Waals surface area contributed by atoms with E-state index in [4.69, 9.17) is 8.92 Å². The van der Waals surface area contributed by atoms with Crippen molar-refractivity contribution in [2.75, 3.05) is 6.26 Å². The fourth-order valence-electron chi connectivity index (χ4n) is 3.42. The number of aromatic nitrogens is 2.